The van der Waals surface area contributed by atoms with Crippen molar-refractivity contribution < 1.29 is 0 Å². The maximum Gasteiger partial charge on any atom is 0.110 e. The Labute approximate surface area is 112 Å². The normalized spacial score (nSPS) is 15.3. The van der Waals surface area contributed by atoms with Gasteiger partial charge in [-0.15, -0.1) is 0 Å². The van der Waals surface area contributed by atoms with E-state index in [2.05, 4.69) is 28.1 Å². The molecule has 0 atom stereocenters. The highest BCUT2D eigenvalue weighted by atomic mass is 35.5. The highest BCUT2D eigenvalue weighted by Crippen LogP contribution is 2.28. The fraction of sp³-hybridized carbons (Fsp3) is 0.357. The van der Waals surface area contributed by atoms with Gasteiger partial charge < -0.3 is 9.47 Å². The summed E-state index contributed by atoms with van der Waals surface area (Å²) in [5.41, 5.74) is 2.22. The molecule has 0 radical (unpaired) electrons. The Morgan fingerprint density at radius 1 is 1.22 bits per heavy atom. The van der Waals surface area contributed by atoms with Crippen LogP contribution in [0.3, 0.4) is 0 Å². The molecule has 1 fully saturated rings. The minimum Gasteiger partial charge on any atom is -0.371 e. The number of imidazole rings is 1. The molecule has 1 aliphatic rings. The lowest BCUT2D eigenvalue weighted by atomic mass is 10.2. The Morgan fingerprint density at radius 3 is 2.61 bits per heavy atom. The summed E-state index contributed by atoms with van der Waals surface area (Å²) in [6.07, 6.45) is 6.28. The number of anilines is 1. The van der Waals surface area contributed by atoms with E-state index in [4.69, 9.17) is 11.6 Å². The first-order chi connectivity index (χ1) is 8.75. The quantitative estimate of drug-likeness (QED) is 0.826. The van der Waals surface area contributed by atoms with Gasteiger partial charge in [-0.3, -0.25) is 0 Å². The van der Waals surface area contributed by atoms with Crippen LogP contribution in [-0.2, 0) is 0 Å². The molecule has 1 aromatic carbocycles. The molecule has 0 spiro atoms. The molecule has 0 unspecified atom stereocenters. The smallest absolute Gasteiger partial charge is 0.110 e. The third kappa shape index (κ3) is 1.99. The van der Waals surface area contributed by atoms with E-state index in [1.54, 1.807) is 6.20 Å². The summed E-state index contributed by atoms with van der Waals surface area (Å²) >= 11 is 6.40. The molecule has 3 rings (SSSR count). The lowest BCUT2D eigenvalue weighted by Gasteiger charge is -2.19. The van der Waals surface area contributed by atoms with E-state index in [0.717, 1.165) is 29.6 Å². The van der Waals surface area contributed by atoms with Gasteiger partial charge >= 0.3 is 0 Å². The SMILES string of the molecule is Cc1nccn1-c1ccc(N2CCCC2)cc1Cl. The van der Waals surface area contributed by atoms with E-state index in [0.29, 0.717) is 0 Å². The van der Waals surface area contributed by atoms with Gasteiger partial charge in [0.1, 0.15) is 5.82 Å². The van der Waals surface area contributed by atoms with E-state index in [1.807, 2.05) is 17.7 Å². The first-order valence-electron chi connectivity index (χ1n) is 6.30. The molecule has 4 heteroatoms. The lowest BCUT2D eigenvalue weighted by Crippen LogP contribution is -2.17. The van der Waals surface area contributed by atoms with Crippen LogP contribution in [0.5, 0.6) is 0 Å². The van der Waals surface area contributed by atoms with Crippen molar-refractivity contribution in [1.29, 1.82) is 0 Å². The number of aromatic nitrogens is 2. The second kappa shape index (κ2) is 4.65. The number of hydrogen-bond acceptors (Lipinski definition) is 2. The van der Waals surface area contributed by atoms with Crippen LogP contribution in [-0.4, -0.2) is 22.6 Å². The zero-order valence-electron chi connectivity index (χ0n) is 10.4. The van der Waals surface area contributed by atoms with E-state index < -0.39 is 0 Å². The van der Waals surface area contributed by atoms with E-state index >= 15 is 0 Å². The highest BCUT2D eigenvalue weighted by molar-refractivity contribution is 6.32. The van der Waals surface area contributed by atoms with Crippen molar-refractivity contribution >= 4 is 17.3 Å². The van der Waals surface area contributed by atoms with Crippen LogP contribution < -0.4 is 4.90 Å². The van der Waals surface area contributed by atoms with Crippen molar-refractivity contribution in [3.05, 3.63) is 41.4 Å². The molecule has 0 bridgehead atoms. The van der Waals surface area contributed by atoms with Gasteiger partial charge in [-0.25, -0.2) is 4.98 Å². The Hall–Kier alpha value is -1.48. The summed E-state index contributed by atoms with van der Waals surface area (Å²) in [6.45, 7) is 4.25. The Bertz CT molecular complexity index is 556. The first kappa shape index (κ1) is 11.6. The molecule has 18 heavy (non-hydrogen) atoms. The molecule has 0 amide bonds. The van der Waals surface area contributed by atoms with Crippen molar-refractivity contribution in [2.75, 3.05) is 18.0 Å². The molecule has 0 saturated carbocycles. The van der Waals surface area contributed by atoms with E-state index in [-0.39, 0.29) is 0 Å². The first-order valence-corrected chi connectivity index (χ1v) is 6.68. The molecular weight excluding hydrogens is 246 g/mol. The number of rotatable bonds is 2. The molecular formula is C14H16ClN3. The predicted octanol–water partition coefficient (Wildman–Crippen LogP) is 3.43. The molecule has 0 N–H and O–H groups in total. The number of halogens is 1. The fourth-order valence-corrected chi connectivity index (χ4v) is 2.76. The Morgan fingerprint density at radius 2 is 2.00 bits per heavy atom. The molecule has 1 aromatic heterocycles. The summed E-state index contributed by atoms with van der Waals surface area (Å²) in [4.78, 5) is 6.61. The van der Waals surface area contributed by atoms with Crippen LogP contribution in [0.1, 0.15) is 18.7 Å². The van der Waals surface area contributed by atoms with Crippen molar-refractivity contribution in [2.24, 2.45) is 0 Å². The number of nitrogens with zero attached hydrogens (tertiary/aromatic N) is 3. The van der Waals surface area contributed by atoms with Crippen LogP contribution in [0.2, 0.25) is 5.02 Å². The van der Waals surface area contributed by atoms with Crippen LogP contribution in [0.15, 0.2) is 30.6 Å². The van der Waals surface area contributed by atoms with Gasteiger partial charge in [0.05, 0.1) is 10.7 Å². The lowest BCUT2D eigenvalue weighted by molar-refractivity contribution is 0.949. The maximum absolute atomic E-state index is 6.40. The maximum atomic E-state index is 6.40. The van der Waals surface area contributed by atoms with Crippen LogP contribution in [0, 0.1) is 6.92 Å². The average Bonchev–Trinajstić information content (AvgIpc) is 3.00. The van der Waals surface area contributed by atoms with Crippen LogP contribution in [0.25, 0.3) is 5.69 Å². The standard InChI is InChI=1S/C14H16ClN3/c1-11-16-6-9-18(11)14-5-4-12(10-13(14)15)17-7-2-3-8-17/h4-6,9-10H,2-3,7-8H2,1H3. The van der Waals surface area contributed by atoms with Gasteiger partial charge in [-0.2, -0.15) is 0 Å². The molecule has 1 saturated heterocycles. The highest BCUT2D eigenvalue weighted by Gasteiger charge is 2.14. The van der Waals surface area contributed by atoms with Gasteiger partial charge in [0.25, 0.3) is 0 Å². The second-order valence-corrected chi connectivity index (χ2v) is 5.08. The molecule has 2 heterocycles. The molecule has 94 valence electrons. The van der Waals surface area contributed by atoms with E-state index in [9.17, 15) is 0 Å². The number of hydrogen-bond donors (Lipinski definition) is 0. The van der Waals surface area contributed by atoms with Crippen LogP contribution >= 0.6 is 11.6 Å². The van der Waals surface area contributed by atoms with Gasteiger partial charge in [0.15, 0.2) is 0 Å². The molecule has 3 nitrogen and oxygen atoms in total. The van der Waals surface area contributed by atoms with E-state index in [1.165, 1.54) is 18.5 Å². The average molecular weight is 262 g/mol. The van der Waals surface area contributed by atoms with Crippen molar-refractivity contribution in [3.63, 3.8) is 0 Å². The van der Waals surface area contributed by atoms with Gasteiger partial charge in [0, 0.05) is 31.2 Å². The van der Waals surface area contributed by atoms with Crippen molar-refractivity contribution in [2.45, 2.75) is 19.8 Å². The zero-order chi connectivity index (χ0) is 12.5. The van der Waals surface area contributed by atoms with Gasteiger partial charge in [-0.1, -0.05) is 11.6 Å². The largest absolute Gasteiger partial charge is 0.371 e. The third-order valence-corrected chi connectivity index (χ3v) is 3.79. The summed E-state index contributed by atoms with van der Waals surface area (Å²) < 4.78 is 2.01. The molecule has 2 aromatic rings. The van der Waals surface area contributed by atoms with Crippen LogP contribution in [0.4, 0.5) is 5.69 Å². The fourth-order valence-electron chi connectivity index (χ4n) is 2.50. The second-order valence-electron chi connectivity index (χ2n) is 4.67. The summed E-state index contributed by atoms with van der Waals surface area (Å²) in [5, 5.41) is 0.778. The van der Waals surface area contributed by atoms with Crippen molar-refractivity contribution in [3.8, 4) is 5.69 Å². The number of aryl methyl sites for hydroxylation is 1. The topological polar surface area (TPSA) is 21.1 Å². The Kier molecular flexibility index (Phi) is 3.00. The summed E-state index contributed by atoms with van der Waals surface area (Å²) in [5.74, 6) is 0.950. The summed E-state index contributed by atoms with van der Waals surface area (Å²) in [7, 11) is 0. The predicted molar refractivity (Wildman–Crippen MR) is 74.8 cm³/mol. The number of benzene rings is 1. The monoisotopic (exact) mass is 261 g/mol. The van der Waals surface area contributed by atoms with Gasteiger partial charge in [-0.05, 0) is 38.0 Å². The minimum atomic E-state index is 0.778. The van der Waals surface area contributed by atoms with Gasteiger partial charge in [0.2, 0.25) is 0 Å². The Balaban J connectivity index is 1.96. The third-order valence-electron chi connectivity index (χ3n) is 3.49. The molecule has 0 aliphatic carbocycles. The summed E-state index contributed by atoms with van der Waals surface area (Å²) in [6, 6.07) is 6.28. The van der Waals surface area contributed by atoms with Crippen molar-refractivity contribution in [1.82, 2.24) is 9.55 Å². The molecule has 1 aliphatic heterocycles. The minimum absolute atomic E-state index is 0.778. The zero-order valence-corrected chi connectivity index (χ0v) is 11.2.